The van der Waals surface area contributed by atoms with Crippen molar-refractivity contribution in [1.82, 2.24) is 9.97 Å². The van der Waals surface area contributed by atoms with E-state index in [2.05, 4.69) is 28.8 Å². The maximum Gasteiger partial charge on any atom is 0.171 e. The number of hydrogen-bond acceptors (Lipinski definition) is 3. The normalized spacial score (nSPS) is 24.6. The molecule has 1 heterocycles. The lowest BCUT2D eigenvalue weighted by atomic mass is 9.84. The molecule has 0 spiro atoms. The van der Waals surface area contributed by atoms with Gasteiger partial charge >= 0.3 is 0 Å². The molecule has 0 saturated heterocycles. The summed E-state index contributed by atoms with van der Waals surface area (Å²) >= 11 is 6.08. The predicted molar refractivity (Wildman–Crippen MR) is 71.5 cm³/mol. The predicted octanol–water partition coefficient (Wildman–Crippen LogP) is 3.54. The van der Waals surface area contributed by atoms with E-state index < -0.39 is 0 Å². The van der Waals surface area contributed by atoms with Crippen LogP contribution in [-0.2, 0) is 0 Å². The molecular weight excluding hydrogens is 234 g/mol. The Bertz CT molecular complexity index is 361. The SMILES string of the molecule is CCC1CCC(N(C)c2nccnc2Cl)CC1. The third kappa shape index (κ3) is 2.89. The zero-order chi connectivity index (χ0) is 12.3. The van der Waals surface area contributed by atoms with E-state index in [9.17, 15) is 0 Å². The molecule has 3 nitrogen and oxygen atoms in total. The number of aromatic nitrogens is 2. The van der Waals surface area contributed by atoms with Crippen molar-refractivity contribution in [2.75, 3.05) is 11.9 Å². The van der Waals surface area contributed by atoms with Gasteiger partial charge in [-0.3, -0.25) is 0 Å². The van der Waals surface area contributed by atoms with Crippen LogP contribution in [0.5, 0.6) is 0 Å². The second-order valence-electron chi connectivity index (χ2n) is 4.86. The zero-order valence-corrected chi connectivity index (χ0v) is 11.3. The minimum atomic E-state index is 0.507. The summed E-state index contributed by atoms with van der Waals surface area (Å²) in [5, 5.41) is 0.507. The summed E-state index contributed by atoms with van der Waals surface area (Å²) in [5.74, 6) is 1.73. The van der Waals surface area contributed by atoms with Gasteiger partial charge in [-0.15, -0.1) is 0 Å². The standard InChI is InChI=1S/C13H20ClN3/c1-3-10-4-6-11(7-5-10)17(2)13-12(14)15-8-9-16-13/h8-11H,3-7H2,1-2H3. The largest absolute Gasteiger partial charge is 0.354 e. The van der Waals surface area contributed by atoms with Crippen LogP contribution in [0.2, 0.25) is 5.15 Å². The Labute approximate surface area is 108 Å². The van der Waals surface area contributed by atoms with E-state index in [4.69, 9.17) is 11.6 Å². The Hall–Kier alpha value is -0.830. The molecule has 1 saturated carbocycles. The van der Waals surface area contributed by atoms with Crippen LogP contribution in [0, 0.1) is 5.92 Å². The van der Waals surface area contributed by atoms with Gasteiger partial charge in [0.2, 0.25) is 0 Å². The van der Waals surface area contributed by atoms with Gasteiger partial charge in [-0.25, -0.2) is 9.97 Å². The van der Waals surface area contributed by atoms with Crippen LogP contribution in [0.1, 0.15) is 39.0 Å². The molecule has 1 aromatic rings. The maximum absolute atomic E-state index is 6.08. The Morgan fingerprint density at radius 1 is 1.24 bits per heavy atom. The Morgan fingerprint density at radius 2 is 1.88 bits per heavy atom. The molecule has 17 heavy (non-hydrogen) atoms. The second kappa shape index (κ2) is 5.67. The Morgan fingerprint density at radius 3 is 2.47 bits per heavy atom. The number of anilines is 1. The van der Waals surface area contributed by atoms with Crippen molar-refractivity contribution in [1.29, 1.82) is 0 Å². The lowest BCUT2D eigenvalue weighted by Gasteiger charge is -2.35. The molecule has 1 aromatic heterocycles. The summed E-state index contributed by atoms with van der Waals surface area (Å²) in [7, 11) is 2.08. The van der Waals surface area contributed by atoms with E-state index in [1.807, 2.05) is 0 Å². The third-order valence-electron chi connectivity index (χ3n) is 3.91. The van der Waals surface area contributed by atoms with Crippen LogP contribution in [0.3, 0.4) is 0 Å². The first kappa shape index (κ1) is 12.6. The average Bonchev–Trinajstić information content (AvgIpc) is 2.39. The van der Waals surface area contributed by atoms with Crippen LogP contribution >= 0.6 is 11.6 Å². The lowest BCUT2D eigenvalue weighted by Crippen LogP contribution is -2.35. The van der Waals surface area contributed by atoms with Crippen LogP contribution in [-0.4, -0.2) is 23.1 Å². The molecule has 94 valence electrons. The highest BCUT2D eigenvalue weighted by Crippen LogP contribution is 2.31. The minimum absolute atomic E-state index is 0.507. The Balaban J connectivity index is 2.02. The molecule has 2 rings (SSSR count). The molecule has 4 heteroatoms. The van der Waals surface area contributed by atoms with Crippen molar-refractivity contribution in [3.8, 4) is 0 Å². The van der Waals surface area contributed by atoms with Crippen molar-refractivity contribution in [3.63, 3.8) is 0 Å². The van der Waals surface area contributed by atoms with Crippen LogP contribution < -0.4 is 4.90 Å². The van der Waals surface area contributed by atoms with Gasteiger partial charge in [-0.1, -0.05) is 24.9 Å². The molecule has 1 aliphatic rings. The lowest BCUT2D eigenvalue weighted by molar-refractivity contribution is 0.313. The van der Waals surface area contributed by atoms with Crippen molar-refractivity contribution in [2.24, 2.45) is 5.92 Å². The molecule has 0 amide bonds. The molecule has 0 aliphatic heterocycles. The van der Waals surface area contributed by atoms with Gasteiger partial charge < -0.3 is 4.90 Å². The first-order valence-electron chi connectivity index (χ1n) is 6.41. The number of hydrogen-bond donors (Lipinski definition) is 0. The Kier molecular flexibility index (Phi) is 4.21. The first-order valence-corrected chi connectivity index (χ1v) is 6.79. The van der Waals surface area contributed by atoms with Gasteiger partial charge in [0.15, 0.2) is 11.0 Å². The molecule has 0 N–H and O–H groups in total. The van der Waals surface area contributed by atoms with E-state index in [-0.39, 0.29) is 0 Å². The number of halogens is 1. The average molecular weight is 254 g/mol. The highest BCUT2D eigenvalue weighted by molar-refractivity contribution is 6.31. The third-order valence-corrected chi connectivity index (χ3v) is 4.18. The molecule has 1 fully saturated rings. The van der Waals surface area contributed by atoms with Crippen LogP contribution in [0.25, 0.3) is 0 Å². The fourth-order valence-electron chi connectivity index (χ4n) is 2.66. The summed E-state index contributed by atoms with van der Waals surface area (Å²) in [4.78, 5) is 10.6. The zero-order valence-electron chi connectivity index (χ0n) is 10.6. The summed E-state index contributed by atoms with van der Waals surface area (Å²) in [5.41, 5.74) is 0. The first-order chi connectivity index (χ1) is 8.22. The maximum atomic E-state index is 6.08. The van der Waals surface area contributed by atoms with E-state index in [0.717, 1.165) is 11.7 Å². The van der Waals surface area contributed by atoms with Crippen LogP contribution in [0.4, 0.5) is 5.82 Å². The highest BCUT2D eigenvalue weighted by atomic mass is 35.5. The summed E-state index contributed by atoms with van der Waals surface area (Å²) in [6.07, 6.45) is 9.77. The molecule has 0 unspecified atom stereocenters. The molecule has 0 aromatic carbocycles. The number of rotatable bonds is 3. The van der Waals surface area contributed by atoms with Gasteiger partial charge in [0.25, 0.3) is 0 Å². The van der Waals surface area contributed by atoms with Crippen LogP contribution in [0.15, 0.2) is 12.4 Å². The smallest absolute Gasteiger partial charge is 0.171 e. The van der Waals surface area contributed by atoms with E-state index in [1.54, 1.807) is 12.4 Å². The van der Waals surface area contributed by atoms with Gasteiger partial charge in [0.1, 0.15) is 0 Å². The molecule has 1 aliphatic carbocycles. The van der Waals surface area contributed by atoms with Crippen molar-refractivity contribution >= 4 is 17.4 Å². The van der Waals surface area contributed by atoms with Gasteiger partial charge in [-0.05, 0) is 31.6 Å². The highest BCUT2D eigenvalue weighted by Gasteiger charge is 2.24. The van der Waals surface area contributed by atoms with Gasteiger partial charge in [-0.2, -0.15) is 0 Å². The summed E-state index contributed by atoms with van der Waals surface area (Å²) in [6.45, 7) is 2.29. The summed E-state index contributed by atoms with van der Waals surface area (Å²) in [6, 6.07) is 0.562. The van der Waals surface area contributed by atoms with E-state index in [1.165, 1.54) is 32.1 Å². The van der Waals surface area contributed by atoms with E-state index in [0.29, 0.717) is 11.2 Å². The topological polar surface area (TPSA) is 29.0 Å². The monoisotopic (exact) mass is 253 g/mol. The number of nitrogens with zero attached hydrogens (tertiary/aromatic N) is 3. The van der Waals surface area contributed by atoms with Crippen molar-refractivity contribution in [2.45, 2.75) is 45.1 Å². The van der Waals surface area contributed by atoms with Gasteiger partial charge in [0, 0.05) is 25.5 Å². The fourth-order valence-corrected chi connectivity index (χ4v) is 2.90. The molecular formula is C13H20ClN3. The minimum Gasteiger partial charge on any atom is -0.354 e. The fraction of sp³-hybridized carbons (Fsp3) is 0.692. The van der Waals surface area contributed by atoms with Crippen molar-refractivity contribution in [3.05, 3.63) is 17.5 Å². The molecule has 0 bridgehead atoms. The molecule has 0 atom stereocenters. The van der Waals surface area contributed by atoms with E-state index >= 15 is 0 Å². The molecule has 0 radical (unpaired) electrons. The quantitative estimate of drug-likeness (QED) is 0.825. The second-order valence-corrected chi connectivity index (χ2v) is 5.22. The van der Waals surface area contributed by atoms with Crippen molar-refractivity contribution < 1.29 is 0 Å². The summed E-state index contributed by atoms with van der Waals surface area (Å²) < 4.78 is 0. The van der Waals surface area contributed by atoms with Gasteiger partial charge in [0.05, 0.1) is 0 Å².